The van der Waals surface area contributed by atoms with E-state index in [9.17, 15) is 15.0 Å². The predicted octanol–water partition coefficient (Wildman–Crippen LogP) is 2.30. The lowest BCUT2D eigenvalue weighted by molar-refractivity contribution is -0.0668. The van der Waals surface area contributed by atoms with Crippen LogP contribution < -0.4 is 0 Å². The highest BCUT2D eigenvalue weighted by Gasteiger charge is 2.43. The minimum absolute atomic E-state index is 0.0834. The molecule has 2 aromatic carbocycles. The first-order chi connectivity index (χ1) is 14.1. The number of rotatable bonds is 5. The summed E-state index contributed by atoms with van der Waals surface area (Å²) in [6.07, 6.45) is 5.59. The van der Waals surface area contributed by atoms with Crippen LogP contribution in [0.3, 0.4) is 0 Å². The first-order valence-corrected chi connectivity index (χ1v) is 9.82. The van der Waals surface area contributed by atoms with E-state index in [1.54, 1.807) is 29.6 Å². The Morgan fingerprint density at radius 1 is 1.14 bits per heavy atom. The Labute approximate surface area is 170 Å². The molecule has 1 aliphatic rings. The van der Waals surface area contributed by atoms with E-state index >= 15 is 0 Å². The number of hydrogen-bond acceptors (Lipinski definition) is 4. The van der Waals surface area contributed by atoms with Gasteiger partial charge in [0.1, 0.15) is 0 Å². The van der Waals surface area contributed by atoms with E-state index in [-0.39, 0.29) is 12.5 Å². The standard InChI is InChI=1S/C23H25N3O3/c27-16-23(14-18-4-2-1-3-5-18)15-25(12-10-21(23)28)22(29)19-6-8-20(9-7-19)26-13-11-24-17-26/h1-9,11,13,17,21,27-28H,10,12,14-16H2/t21-,23+/m1/s1. The van der Waals surface area contributed by atoms with Crippen LogP contribution in [-0.2, 0) is 6.42 Å². The Hall–Kier alpha value is -2.96. The molecule has 0 spiro atoms. The molecule has 1 saturated heterocycles. The zero-order valence-electron chi connectivity index (χ0n) is 16.2. The maximum Gasteiger partial charge on any atom is 0.253 e. The normalized spacial score (nSPS) is 21.9. The molecule has 1 aromatic heterocycles. The second kappa shape index (κ2) is 8.19. The average Bonchev–Trinajstić information content (AvgIpc) is 3.31. The molecular formula is C23H25N3O3. The molecule has 4 rings (SSSR count). The first kappa shape index (κ1) is 19.4. The summed E-state index contributed by atoms with van der Waals surface area (Å²) in [5.74, 6) is -0.0834. The van der Waals surface area contributed by atoms with E-state index in [1.165, 1.54) is 0 Å². The van der Waals surface area contributed by atoms with Gasteiger partial charge in [-0.25, -0.2) is 4.98 Å². The number of imidazole rings is 1. The summed E-state index contributed by atoms with van der Waals surface area (Å²) in [7, 11) is 0. The van der Waals surface area contributed by atoms with Gasteiger partial charge < -0.3 is 19.7 Å². The first-order valence-electron chi connectivity index (χ1n) is 9.82. The summed E-state index contributed by atoms with van der Waals surface area (Å²) in [6, 6.07) is 17.2. The number of aliphatic hydroxyl groups excluding tert-OH is 2. The molecule has 2 N–H and O–H groups in total. The smallest absolute Gasteiger partial charge is 0.253 e. The molecule has 3 aromatic rings. The third-order valence-electron chi connectivity index (χ3n) is 5.80. The summed E-state index contributed by atoms with van der Waals surface area (Å²) < 4.78 is 1.88. The van der Waals surface area contributed by atoms with Crippen LogP contribution in [0.2, 0.25) is 0 Å². The van der Waals surface area contributed by atoms with Crippen LogP contribution in [0.1, 0.15) is 22.3 Å². The van der Waals surface area contributed by atoms with E-state index in [2.05, 4.69) is 4.98 Å². The topological polar surface area (TPSA) is 78.6 Å². The number of nitrogens with zero attached hydrogens (tertiary/aromatic N) is 3. The Bertz CT molecular complexity index is 941. The van der Waals surface area contributed by atoms with Crippen molar-refractivity contribution in [3.05, 3.63) is 84.4 Å². The number of carbonyl (C=O) groups excluding carboxylic acids is 1. The molecule has 0 bridgehead atoms. The quantitative estimate of drug-likeness (QED) is 0.700. The van der Waals surface area contributed by atoms with E-state index in [0.29, 0.717) is 31.5 Å². The number of amides is 1. The van der Waals surface area contributed by atoms with Gasteiger partial charge in [0.05, 0.1) is 19.0 Å². The molecule has 2 atom stereocenters. The van der Waals surface area contributed by atoms with Crippen molar-refractivity contribution in [3.8, 4) is 5.69 Å². The lowest BCUT2D eigenvalue weighted by Gasteiger charge is -2.45. The van der Waals surface area contributed by atoms with Crippen LogP contribution in [0.5, 0.6) is 0 Å². The molecule has 0 unspecified atom stereocenters. The fourth-order valence-electron chi connectivity index (χ4n) is 4.08. The van der Waals surface area contributed by atoms with Gasteiger partial charge in [-0.05, 0) is 42.7 Å². The fourth-order valence-corrected chi connectivity index (χ4v) is 4.08. The highest BCUT2D eigenvalue weighted by atomic mass is 16.3. The van der Waals surface area contributed by atoms with Crippen LogP contribution in [0.25, 0.3) is 5.69 Å². The minimum Gasteiger partial charge on any atom is -0.396 e. The van der Waals surface area contributed by atoms with E-state index < -0.39 is 11.5 Å². The molecule has 0 aliphatic carbocycles. The van der Waals surface area contributed by atoms with Crippen molar-refractivity contribution in [1.82, 2.24) is 14.5 Å². The predicted molar refractivity (Wildman–Crippen MR) is 110 cm³/mol. The number of aliphatic hydroxyl groups is 2. The van der Waals surface area contributed by atoms with E-state index in [1.807, 2.05) is 53.2 Å². The molecule has 1 fully saturated rings. The number of benzene rings is 2. The molecule has 6 nitrogen and oxygen atoms in total. The summed E-state index contributed by atoms with van der Waals surface area (Å²) in [6.45, 7) is 0.619. The average molecular weight is 391 g/mol. The van der Waals surface area contributed by atoms with Crippen molar-refractivity contribution >= 4 is 5.91 Å². The molecule has 1 amide bonds. The lowest BCUT2D eigenvalue weighted by atomic mass is 9.73. The third-order valence-corrected chi connectivity index (χ3v) is 5.80. The highest BCUT2D eigenvalue weighted by molar-refractivity contribution is 5.94. The number of aromatic nitrogens is 2. The summed E-state index contributed by atoms with van der Waals surface area (Å²) in [5, 5.41) is 20.9. The van der Waals surface area contributed by atoms with E-state index in [4.69, 9.17) is 0 Å². The molecule has 1 aliphatic heterocycles. The van der Waals surface area contributed by atoms with Crippen molar-refractivity contribution in [2.75, 3.05) is 19.7 Å². The number of carbonyl (C=O) groups is 1. The molecule has 0 saturated carbocycles. The highest BCUT2D eigenvalue weighted by Crippen LogP contribution is 2.34. The number of hydrogen-bond donors (Lipinski definition) is 2. The Kier molecular flexibility index (Phi) is 5.47. The van der Waals surface area contributed by atoms with Gasteiger partial charge in [0.2, 0.25) is 0 Å². The van der Waals surface area contributed by atoms with Crippen LogP contribution in [0, 0.1) is 5.41 Å². The Morgan fingerprint density at radius 3 is 2.55 bits per heavy atom. The van der Waals surface area contributed by atoms with Crippen LogP contribution in [0.4, 0.5) is 0 Å². The monoisotopic (exact) mass is 391 g/mol. The molecule has 29 heavy (non-hydrogen) atoms. The third kappa shape index (κ3) is 3.95. The number of likely N-dealkylation sites (tertiary alicyclic amines) is 1. The minimum atomic E-state index is -0.758. The Balaban J connectivity index is 1.53. The van der Waals surface area contributed by atoms with Crippen molar-refractivity contribution in [2.45, 2.75) is 18.9 Å². The van der Waals surface area contributed by atoms with Gasteiger partial charge in [0, 0.05) is 42.1 Å². The summed E-state index contributed by atoms with van der Waals surface area (Å²) >= 11 is 0. The van der Waals surface area contributed by atoms with E-state index in [0.717, 1.165) is 11.3 Å². The number of piperidine rings is 1. The summed E-state index contributed by atoms with van der Waals surface area (Å²) in [4.78, 5) is 18.9. The molecule has 0 radical (unpaired) electrons. The largest absolute Gasteiger partial charge is 0.396 e. The zero-order valence-corrected chi connectivity index (χ0v) is 16.2. The van der Waals surface area contributed by atoms with Crippen LogP contribution >= 0.6 is 0 Å². The molecular weight excluding hydrogens is 366 g/mol. The van der Waals surface area contributed by atoms with Gasteiger partial charge in [-0.2, -0.15) is 0 Å². The summed E-state index contributed by atoms with van der Waals surface area (Å²) in [5.41, 5.74) is 1.81. The van der Waals surface area contributed by atoms with Crippen molar-refractivity contribution in [3.63, 3.8) is 0 Å². The fraction of sp³-hybridized carbons (Fsp3) is 0.304. The van der Waals surface area contributed by atoms with Crippen LogP contribution in [-0.4, -0.2) is 56.4 Å². The SMILES string of the molecule is O=C(c1ccc(-n2ccnc2)cc1)N1CC[C@@H](O)[C@@](CO)(Cc2ccccc2)C1. The molecule has 2 heterocycles. The van der Waals surface area contributed by atoms with Crippen molar-refractivity contribution in [1.29, 1.82) is 0 Å². The molecule has 150 valence electrons. The van der Waals surface area contributed by atoms with Gasteiger partial charge in [-0.3, -0.25) is 4.79 Å². The van der Waals surface area contributed by atoms with Gasteiger partial charge in [-0.1, -0.05) is 30.3 Å². The second-order valence-electron chi connectivity index (χ2n) is 7.73. The zero-order chi connectivity index (χ0) is 20.3. The Morgan fingerprint density at radius 2 is 1.90 bits per heavy atom. The van der Waals surface area contributed by atoms with Gasteiger partial charge in [0.25, 0.3) is 5.91 Å². The van der Waals surface area contributed by atoms with Crippen molar-refractivity contribution < 1.29 is 15.0 Å². The van der Waals surface area contributed by atoms with Gasteiger partial charge >= 0.3 is 0 Å². The van der Waals surface area contributed by atoms with Crippen LogP contribution in [0.15, 0.2) is 73.3 Å². The lowest BCUT2D eigenvalue weighted by Crippen LogP contribution is -2.56. The van der Waals surface area contributed by atoms with Crippen molar-refractivity contribution in [2.24, 2.45) is 5.41 Å². The van der Waals surface area contributed by atoms with Gasteiger partial charge in [0.15, 0.2) is 0 Å². The van der Waals surface area contributed by atoms with Gasteiger partial charge in [-0.15, -0.1) is 0 Å². The maximum atomic E-state index is 13.1. The maximum absolute atomic E-state index is 13.1. The second-order valence-corrected chi connectivity index (χ2v) is 7.73. The molecule has 6 heteroatoms.